The molecule has 3 amide bonds. The van der Waals surface area contributed by atoms with Gasteiger partial charge in [-0.2, -0.15) is 0 Å². The maximum atomic E-state index is 16.9. The van der Waals surface area contributed by atoms with Gasteiger partial charge in [0.1, 0.15) is 40.9 Å². The molecule has 7 heterocycles. The number of nitrogens with one attached hydrogen (secondary N) is 3. The van der Waals surface area contributed by atoms with Gasteiger partial charge in [-0.3, -0.25) is 14.3 Å². The van der Waals surface area contributed by atoms with Crippen LogP contribution in [0.15, 0.2) is 55.0 Å². The third-order valence-electron chi connectivity index (χ3n) is 13.2. The molecular formula is C49H50FN9O6S. The summed E-state index contributed by atoms with van der Waals surface area (Å²) in [5, 5.41) is 4.65. The number of methoxy groups -OCH3 is 1. The van der Waals surface area contributed by atoms with Gasteiger partial charge in [-0.1, -0.05) is 31.8 Å². The first-order valence-electron chi connectivity index (χ1n) is 22.6. The molecule has 6 atom stereocenters. The normalized spacial score (nSPS) is 22.2. The highest BCUT2D eigenvalue weighted by atomic mass is 32.1. The molecule has 0 bridgehead atoms. The number of benzene rings is 2. The van der Waals surface area contributed by atoms with Crippen molar-refractivity contribution in [3.8, 4) is 51.4 Å². The second kappa shape index (κ2) is 15.7. The van der Waals surface area contributed by atoms with Crippen molar-refractivity contribution in [2.24, 2.45) is 11.8 Å². The molecule has 66 heavy (non-hydrogen) atoms. The number of ether oxygens (including phenoxy) is 3. The van der Waals surface area contributed by atoms with Crippen LogP contribution in [0, 0.1) is 29.5 Å². The summed E-state index contributed by atoms with van der Waals surface area (Å²) in [7, 11) is 1.27. The number of imidazole rings is 2. The zero-order valence-corrected chi connectivity index (χ0v) is 38.3. The van der Waals surface area contributed by atoms with Crippen LogP contribution in [-0.2, 0) is 14.3 Å². The summed E-state index contributed by atoms with van der Waals surface area (Å²) in [5.74, 6) is 7.66. The summed E-state index contributed by atoms with van der Waals surface area (Å²) in [6.45, 7) is 9.83. The lowest BCUT2D eigenvalue weighted by Gasteiger charge is -2.31. The van der Waals surface area contributed by atoms with E-state index in [-0.39, 0.29) is 35.9 Å². The monoisotopic (exact) mass is 911 g/mol. The largest absolute Gasteiger partial charge is 0.464 e. The van der Waals surface area contributed by atoms with Crippen molar-refractivity contribution in [1.82, 2.24) is 44.6 Å². The fraction of sp³-hybridized carbons (Fsp3) is 0.429. The fourth-order valence-electron chi connectivity index (χ4n) is 9.79. The van der Waals surface area contributed by atoms with Gasteiger partial charge in [0, 0.05) is 35.2 Å². The van der Waals surface area contributed by atoms with E-state index < -0.39 is 35.9 Å². The number of amides is 3. The number of halogens is 1. The Morgan fingerprint density at radius 2 is 1.71 bits per heavy atom. The molecule has 340 valence electrons. The summed E-state index contributed by atoms with van der Waals surface area (Å²) in [4.78, 5) is 64.9. The van der Waals surface area contributed by atoms with Gasteiger partial charge >= 0.3 is 12.2 Å². The molecule has 4 aromatic heterocycles. The lowest BCUT2D eigenvalue weighted by molar-refractivity contribution is -0.135. The molecule has 0 radical (unpaired) electrons. The average molecular weight is 912 g/mol. The number of fused-ring (bicyclic) bond motifs is 6. The topological polar surface area (TPSA) is 173 Å². The van der Waals surface area contributed by atoms with E-state index in [1.165, 1.54) is 13.2 Å². The van der Waals surface area contributed by atoms with Crippen molar-refractivity contribution in [2.75, 3.05) is 13.7 Å². The van der Waals surface area contributed by atoms with Crippen LogP contribution >= 0.6 is 11.3 Å². The van der Waals surface area contributed by atoms with E-state index in [1.54, 1.807) is 33.5 Å². The van der Waals surface area contributed by atoms with Gasteiger partial charge in [0.2, 0.25) is 12.1 Å². The lowest BCUT2D eigenvalue weighted by Crippen LogP contribution is -2.51. The van der Waals surface area contributed by atoms with Crippen molar-refractivity contribution in [3.05, 3.63) is 82.3 Å². The number of aromatic amines is 2. The fourth-order valence-corrected chi connectivity index (χ4v) is 10.9. The average Bonchev–Trinajstić information content (AvgIpc) is 3.93. The number of rotatable bonds is 9. The first kappa shape index (κ1) is 42.0. The number of likely N-dealkylation sites (tertiary alicyclic amines) is 2. The molecule has 5 aliphatic rings. The van der Waals surface area contributed by atoms with Gasteiger partial charge in [-0.05, 0) is 89.1 Å². The van der Waals surface area contributed by atoms with Gasteiger partial charge in [-0.25, -0.2) is 28.9 Å². The highest BCUT2D eigenvalue weighted by molar-refractivity contribution is 7.11. The van der Waals surface area contributed by atoms with E-state index in [1.807, 2.05) is 65.1 Å². The van der Waals surface area contributed by atoms with E-state index in [9.17, 15) is 14.4 Å². The second-order valence-corrected chi connectivity index (χ2v) is 20.3. The lowest BCUT2D eigenvalue weighted by atomic mass is 9.92. The highest BCUT2D eigenvalue weighted by Crippen LogP contribution is 2.50. The molecule has 6 unspecified atom stereocenters. The molecule has 1 saturated carbocycles. The van der Waals surface area contributed by atoms with Crippen LogP contribution in [0.25, 0.3) is 44.7 Å². The van der Waals surface area contributed by atoms with Gasteiger partial charge in [0.15, 0.2) is 0 Å². The Morgan fingerprint density at radius 1 is 0.955 bits per heavy atom. The Hall–Kier alpha value is -6.67. The Kier molecular flexibility index (Phi) is 10.0. The number of H-pyrrole nitrogens is 2. The van der Waals surface area contributed by atoms with Gasteiger partial charge < -0.3 is 34.4 Å². The van der Waals surface area contributed by atoms with Gasteiger partial charge in [-0.15, -0.1) is 11.3 Å². The number of hydrogen-bond acceptors (Lipinski definition) is 10. The Bertz CT molecular complexity index is 3000. The third kappa shape index (κ3) is 7.26. The molecule has 3 N–H and O–H groups in total. The standard InChI is InChI=1S/C49H50FN9O6S/c1-24(2)41(56-47(61)63-6)45(60)57-15-7-8-35(57)42-51-22-32(55-42)28-17-30(50)40-36-19-29-16-26(11-13-34(29)58(36)46(64-38(40)20-28)39-23-53-44(66-39)25-9-10-25)31-21-52-43(54-31)37-18-27-12-14-33(27)59(37)48(62)65-49(3,4)5/h11,13,16-17,19-25,27,33,35,37,41,46H,7-10,15,18H2,1-6H3,(H,51,55)(H,52,54)(H,56,61). The van der Waals surface area contributed by atoms with Crippen molar-refractivity contribution >= 4 is 40.3 Å². The minimum absolute atomic E-state index is 0.0764. The number of hydrogen-bond donors (Lipinski definition) is 3. The zero-order valence-electron chi connectivity index (χ0n) is 37.5. The van der Waals surface area contributed by atoms with Crippen LogP contribution in [0.2, 0.25) is 0 Å². The van der Waals surface area contributed by atoms with Crippen LogP contribution < -0.4 is 10.1 Å². The molecule has 2 saturated heterocycles. The Morgan fingerprint density at radius 3 is 2.41 bits per heavy atom. The number of carbonyl (C=O) groups is 3. The maximum Gasteiger partial charge on any atom is 0.411 e. The molecule has 3 aliphatic heterocycles. The minimum atomic E-state index is -0.766. The van der Waals surface area contributed by atoms with Crippen molar-refractivity contribution in [1.29, 1.82) is 0 Å². The quantitative estimate of drug-likeness (QED) is 0.120. The van der Waals surface area contributed by atoms with Crippen LogP contribution in [-0.4, -0.2) is 88.7 Å². The molecule has 6 aromatic rings. The molecule has 17 heteroatoms. The van der Waals surface area contributed by atoms with E-state index in [2.05, 4.69) is 37.8 Å². The summed E-state index contributed by atoms with van der Waals surface area (Å²) in [5.41, 5.74) is 4.01. The first-order valence-corrected chi connectivity index (χ1v) is 23.4. The summed E-state index contributed by atoms with van der Waals surface area (Å²) < 4.78 is 36.4. The predicted octanol–water partition coefficient (Wildman–Crippen LogP) is 9.23. The van der Waals surface area contributed by atoms with Crippen molar-refractivity contribution in [2.45, 2.75) is 109 Å². The number of carbonyl (C=O) groups excluding carboxylic acids is 3. The Balaban J connectivity index is 0.920. The van der Waals surface area contributed by atoms with Crippen LogP contribution in [0.5, 0.6) is 5.75 Å². The molecule has 0 spiro atoms. The highest BCUT2D eigenvalue weighted by Gasteiger charge is 2.49. The number of thiazole rings is 1. The Labute approximate surface area is 384 Å². The summed E-state index contributed by atoms with van der Waals surface area (Å²) >= 11 is 1.63. The molecule has 15 nitrogen and oxygen atoms in total. The second-order valence-electron chi connectivity index (χ2n) is 19.2. The minimum Gasteiger partial charge on any atom is -0.464 e. The van der Waals surface area contributed by atoms with Crippen LogP contribution in [0.1, 0.15) is 112 Å². The zero-order chi connectivity index (χ0) is 45.8. The number of nitrogens with zero attached hydrogens (tertiary/aromatic N) is 6. The van der Waals surface area contributed by atoms with E-state index in [0.29, 0.717) is 65.2 Å². The SMILES string of the molecule is COC(=O)NC(C(=O)N1CCCC1c1ncc(-c2cc(F)c3c(c2)OC(c2cnc(C4CC4)s2)n2c-3cc3cc(-c4cnc(C5CC6C#CC6N5C(=O)OC(C)(C)C)[nH]4)ccc32)[nH]1)C(C)C. The van der Waals surface area contributed by atoms with Crippen LogP contribution in [0.3, 0.4) is 0 Å². The van der Waals surface area contributed by atoms with Crippen LogP contribution in [0.4, 0.5) is 14.0 Å². The van der Waals surface area contributed by atoms with E-state index in [4.69, 9.17) is 29.2 Å². The number of aromatic nitrogens is 6. The molecule has 3 fully saturated rings. The molecule has 2 aromatic carbocycles. The molecule has 11 rings (SSSR count). The third-order valence-corrected chi connectivity index (χ3v) is 14.4. The molecule has 2 aliphatic carbocycles. The number of alkyl carbamates (subject to hydrolysis) is 1. The smallest absolute Gasteiger partial charge is 0.411 e. The van der Waals surface area contributed by atoms with E-state index >= 15 is 4.39 Å². The summed E-state index contributed by atoms with van der Waals surface area (Å²) in [6.07, 6.45) is 7.99. The summed E-state index contributed by atoms with van der Waals surface area (Å²) in [6, 6.07) is 9.81. The van der Waals surface area contributed by atoms with Crippen molar-refractivity contribution in [3.63, 3.8) is 0 Å². The maximum absolute atomic E-state index is 16.9. The molecular weight excluding hydrogens is 862 g/mol. The predicted molar refractivity (Wildman–Crippen MR) is 244 cm³/mol. The van der Waals surface area contributed by atoms with Gasteiger partial charge in [0.25, 0.3) is 0 Å². The van der Waals surface area contributed by atoms with Crippen molar-refractivity contribution < 1.29 is 33.0 Å². The first-order chi connectivity index (χ1) is 31.7. The van der Waals surface area contributed by atoms with E-state index in [0.717, 1.165) is 51.3 Å². The van der Waals surface area contributed by atoms with Gasteiger partial charge in [0.05, 0.1) is 75.6 Å².